The van der Waals surface area contributed by atoms with E-state index in [9.17, 15) is 0 Å². The number of hydrogen-bond acceptors (Lipinski definition) is 1. The first-order valence-electron chi connectivity index (χ1n) is 15.1. The lowest BCUT2D eigenvalue weighted by atomic mass is 10.0. The molecule has 0 aliphatic carbocycles. The predicted molar refractivity (Wildman–Crippen MR) is 188 cm³/mol. The van der Waals surface area contributed by atoms with E-state index < -0.39 is 0 Å². The fourth-order valence-corrected chi connectivity index (χ4v) is 6.90. The third kappa shape index (κ3) is 3.82. The highest BCUT2D eigenvalue weighted by atomic mass is 15.2. The van der Waals surface area contributed by atoms with Gasteiger partial charge in [-0.3, -0.25) is 0 Å². The van der Waals surface area contributed by atoms with Crippen molar-refractivity contribution in [2.24, 2.45) is 0 Å². The Hall–Kier alpha value is -5.86. The van der Waals surface area contributed by atoms with Gasteiger partial charge in [0.25, 0.3) is 0 Å². The minimum Gasteiger partial charge on any atom is -0.308 e. The Labute approximate surface area is 255 Å². The Morgan fingerprint density at radius 1 is 0.386 bits per heavy atom. The molecule has 0 radical (unpaired) electrons. The number of benzene rings is 8. The molecule has 2 heteroatoms. The summed E-state index contributed by atoms with van der Waals surface area (Å²) in [6.07, 6.45) is 0. The van der Waals surface area contributed by atoms with Gasteiger partial charge < -0.3 is 9.47 Å². The van der Waals surface area contributed by atoms with Crippen LogP contribution in [0, 0.1) is 0 Å². The maximum Gasteiger partial charge on any atom is 0.0782 e. The summed E-state index contributed by atoms with van der Waals surface area (Å²) >= 11 is 0. The minimum atomic E-state index is 1.13. The zero-order valence-electron chi connectivity index (χ0n) is 24.1. The molecule has 0 aliphatic rings. The number of aromatic nitrogens is 1. The molecule has 1 heterocycles. The highest BCUT2D eigenvalue weighted by Crippen LogP contribution is 2.45. The van der Waals surface area contributed by atoms with Gasteiger partial charge in [0.1, 0.15) is 0 Å². The van der Waals surface area contributed by atoms with Gasteiger partial charge in [0.15, 0.2) is 0 Å². The Morgan fingerprint density at radius 3 is 1.61 bits per heavy atom. The lowest BCUT2D eigenvalue weighted by Crippen LogP contribution is -2.11. The van der Waals surface area contributed by atoms with Crippen LogP contribution < -0.4 is 4.90 Å². The molecule has 0 amide bonds. The first kappa shape index (κ1) is 24.7. The minimum absolute atomic E-state index is 1.13. The van der Waals surface area contributed by atoms with Gasteiger partial charge in [0, 0.05) is 27.8 Å². The third-order valence-electron chi connectivity index (χ3n) is 8.89. The fraction of sp³-hybridized carbons (Fsp3) is 0. The van der Waals surface area contributed by atoms with Gasteiger partial charge in [-0.1, -0.05) is 121 Å². The summed E-state index contributed by atoms with van der Waals surface area (Å²) in [6, 6.07) is 61.6. The highest BCUT2D eigenvalue weighted by molar-refractivity contribution is 6.23. The van der Waals surface area contributed by atoms with Crippen LogP contribution in [0.3, 0.4) is 0 Å². The van der Waals surface area contributed by atoms with Gasteiger partial charge in [0.05, 0.1) is 16.7 Å². The summed E-state index contributed by atoms with van der Waals surface area (Å²) in [4.78, 5) is 2.43. The predicted octanol–water partition coefficient (Wildman–Crippen LogP) is 11.7. The average molecular weight is 561 g/mol. The van der Waals surface area contributed by atoms with E-state index in [2.05, 4.69) is 179 Å². The smallest absolute Gasteiger partial charge is 0.0782 e. The first-order valence-corrected chi connectivity index (χ1v) is 15.1. The van der Waals surface area contributed by atoms with E-state index in [0.717, 1.165) is 22.7 Å². The second-order valence-corrected chi connectivity index (χ2v) is 11.4. The Morgan fingerprint density at radius 2 is 0.932 bits per heavy atom. The van der Waals surface area contributed by atoms with Crippen molar-refractivity contribution in [1.82, 2.24) is 4.57 Å². The monoisotopic (exact) mass is 560 g/mol. The molecule has 0 bridgehead atoms. The molecule has 0 fully saturated rings. The number of para-hydroxylation sites is 2. The summed E-state index contributed by atoms with van der Waals surface area (Å²) in [5.41, 5.74) is 6.92. The number of fused-ring (bicyclic) bond motifs is 7. The van der Waals surface area contributed by atoms with E-state index in [4.69, 9.17) is 0 Å². The molecule has 1 aromatic heterocycles. The number of nitrogens with zero attached hydrogens (tertiary/aromatic N) is 2. The Balaban J connectivity index is 1.43. The quantitative estimate of drug-likeness (QED) is 0.208. The van der Waals surface area contributed by atoms with E-state index in [1.807, 2.05) is 0 Å². The second kappa shape index (κ2) is 9.86. The van der Waals surface area contributed by atoms with Crippen molar-refractivity contribution in [3.05, 3.63) is 170 Å². The molecule has 0 N–H and O–H groups in total. The zero-order chi connectivity index (χ0) is 29.0. The molecular formula is C42H28N2. The van der Waals surface area contributed by atoms with Crippen LogP contribution in [0.25, 0.3) is 59.8 Å². The van der Waals surface area contributed by atoms with Gasteiger partial charge in [-0.05, 0) is 80.8 Å². The van der Waals surface area contributed by atoms with Crippen molar-refractivity contribution < 1.29 is 0 Å². The van der Waals surface area contributed by atoms with Crippen LogP contribution in [0.1, 0.15) is 0 Å². The van der Waals surface area contributed by atoms with Gasteiger partial charge in [-0.15, -0.1) is 0 Å². The van der Waals surface area contributed by atoms with Gasteiger partial charge in [-0.2, -0.15) is 0 Å². The largest absolute Gasteiger partial charge is 0.308 e. The maximum absolute atomic E-state index is 2.45. The lowest BCUT2D eigenvalue weighted by Gasteiger charge is -2.27. The van der Waals surface area contributed by atoms with E-state index in [1.54, 1.807) is 0 Å². The summed E-state index contributed by atoms with van der Waals surface area (Å²) in [5, 5.41) is 9.94. The highest BCUT2D eigenvalue weighted by Gasteiger charge is 2.22. The van der Waals surface area contributed by atoms with Crippen LogP contribution >= 0.6 is 0 Å². The molecule has 0 atom stereocenters. The van der Waals surface area contributed by atoms with Crippen molar-refractivity contribution in [2.45, 2.75) is 0 Å². The second-order valence-electron chi connectivity index (χ2n) is 11.4. The third-order valence-corrected chi connectivity index (χ3v) is 8.89. The van der Waals surface area contributed by atoms with Crippen LogP contribution in [0.4, 0.5) is 17.1 Å². The van der Waals surface area contributed by atoms with Gasteiger partial charge in [-0.25, -0.2) is 0 Å². The number of anilines is 3. The SMILES string of the molecule is c1ccc(-n2c3ccc4ccccc4c3c3cccc(N(c4ccc5ccccc5c4)c4ccc5ccccc5c4)c32)cc1. The molecule has 9 aromatic rings. The van der Waals surface area contributed by atoms with Gasteiger partial charge in [0.2, 0.25) is 0 Å². The van der Waals surface area contributed by atoms with Crippen molar-refractivity contribution >= 4 is 71.2 Å². The molecule has 0 saturated heterocycles. The molecule has 0 unspecified atom stereocenters. The molecule has 0 spiro atoms. The average Bonchev–Trinajstić information content (AvgIpc) is 3.44. The Kier molecular flexibility index (Phi) is 5.54. The van der Waals surface area contributed by atoms with E-state index in [1.165, 1.54) is 54.1 Å². The lowest BCUT2D eigenvalue weighted by molar-refractivity contribution is 1.17. The van der Waals surface area contributed by atoms with Crippen LogP contribution in [0.15, 0.2) is 170 Å². The van der Waals surface area contributed by atoms with Crippen LogP contribution in [-0.2, 0) is 0 Å². The van der Waals surface area contributed by atoms with Crippen molar-refractivity contribution in [3.8, 4) is 5.69 Å². The van der Waals surface area contributed by atoms with Crippen molar-refractivity contribution in [1.29, 1.82) is 0 Å². The maximum atomic E-state index is 2.45. The Bertz CT molecular complexity index is 2430. The number of rotatable bonds is 4. The molecular weight excluding hydrogens is 532 g/mol. The van der Waals surface area contributed by atoms with Crippen LogP contribution in [0.5, 0.6) is 0 Å². The van der Waals surface area contributed by atoms with Crippen molar-refractivity contribution in [2.75, 3.05) is 4.90 Å². The molecule has 2 nitrogen and oxygen atoms in total. The molecule has 206 valence electrons. The zero-order valence-corrected chi connectivity index (χ0v) is 24.1. The fourth-order valence-electron chi connectivity index (χ4n) is 6.90. The summed E-state index contributed by atoms with van der Waals surface area (Å²) in [7, 11) is 0. The molecule has 0 aliphatic heterocycles. The van der Waals surface area contributed by atoms with E-state index in [-0.39, 0.29) is 0 Å². The summed E-state index contributed by atoms with van der Waals surface area (Å²) in [5.74, 6) is 0. The van der Waals surface area contributed by atoms with Crippen LogP contribution in [0.2, 0.25) is 0 Å². The molecule has 8 aromatic carbocycles. The normalized spacial score (nSPS) is 11.6. The van der Waals surface area contributed by atoms with E-state index >= 15 is 0 Å². The number of hydrogen-bond donors (Lipinski definition) is 0. The summed E-state index contributed by atoms with van der Waals surface area (Å²) in [6.45, 7) is 0. The first-order chi connectivity index (χ1) is 21.8. The standard InChI is InChI=1S/C42H28N2/c1-2-16-34(17-3-1)44-39-26-23-31-13-8-9-18-37(31)41(39)38-19-10-20-40(42(38)44)43(35-24-21-29-11-4-6-14-32(29)27-35)36-25-22-30-12-5-7-15-33(30)28-36/h1-28H. The summed E-state index contributed by atoms with van der Waals surface area (Å²) < 4.78 is 2.45. The van der Waals surface area contributed by atoms with Crippen molar-refractivity contribution in [3.63, 3.8) is 0 Å². The topological polar surface area (TPSA) is 8.17 Å². The molecule has 44 heavy (non-hydrogen) atoms. The van der Waals surface area contributed by atoms with Crippen LogP contribution in [-0.4, -0.2) is 4.57 Å². The van der Waals surface area contributed by atoms with Gasteiger partial charge >= 0.3 is 0 Å². The molecule has 9 rings (SSSR count). The molecule has 0 saturated carbocycles. The van der Waals surface area contributed by atoms with E-state index in [0.29, 0.717) is 0 Å².